The number of nitrogens with zero attached hydrogens (tertiary/aromatic N) is 4. The second kappa shape index (κ2) is 6.29. The van der Waals surface area contributed by atoms with E-state index in [1.807, 2.05) is 34.9 Å². The van der Waals surface area contributed by atoms with Crippen LogP contribution in [0.25, 0.3) is 22.6 Å². The summed E-state index contributed by atoms with van der Waals surface area (Å²) in [5.74, 6) is -0.178. The topological polar surface area (TPSA) is 107 Å². The number of amides is 1. The Bertz CT molecular complexity index is 1090. The molecule has 4 rings (SSSR count). The lowest BCUT2D eigenvalue weighted by atomic mass is 10.2. The first-order valence-electron chi connectivity index (χ1n) is 7.98. The predicted molar refractivity (Wildman–Crippen MR) is 96.5 cm³/mol. The van der Waals surface area contributed by atoms with Crippen LogP contribution in [-0.2, 0) is 6.54 Å². The van der Waals surface area contributed by atoms with Crippen LogP contribution in [0.15, 0.2) is 60.9 Å². The molecule has 0 radical (unpaired) electrons. The van der Waals surface area contributed by atoms with Crippen molar-refractivity contribution >= 4 is 17.1 Å². The van der Waals surface area contributed by atoms with Crippen LogP contribution in [0, 0.1) is 0 Å². The van der Waals surface area contributed by atoms with Crippen LogP contribution in [-0.4, -0.2) is 30.5 Å². The van der Waals surface area contributed by atoms with E-state index < -0.39 is 5.91 Å². The zero-order valence-electron chi connectivity index (χ0n) is 13.7. The van der Waals surface area contributed by atoms with E-state index in [0.29, 0.717) is 29.1 Å². The average molecular weight is 345 g/mol. The van der Waals surface area contributed by atoms with Crippen molar-refractivity contribution in [2.24, 2.45) is 5.73 Å². The normalized spacial score (nSPS) is 10.9. The highest BCUT2D eigenvalue weighted by Crippen LogP contribution is 2.23. The molecule has 2 heterocycles. The van der Waals surface area contributed by atoms with Gasteiger partial charge in [0.25, 0.3) is 5.91 Å². The number of nitrogens with two attached hydrogens (primary N) is 1. The van der Waals surface area contributed by atoms with Crippen LogP contribution < -0.4 is 5.73 Å². The molecule has 2 aromatic carbocycles. The van der Waals surface area contributed by atoms with Crippen LogP contribution in [0.5, 0.6) is 5.75 Å². The molecule has 1 amide bonds. The van der Waals surface area contributed by atoms with Gasteiger partial charge >= 0.3 is 0 Å². The fraction of sp³-hybridized carbons (Fsp3) is 0.0526. The quantitative estimate of drug-likeness (QED) is 0.590. The van der Waals surface area contributed by atoms with E-state index in [0.717, 1.165) is 5.56 Å². The highest BCUT2D eigenvalue weighted by molar-refractivity contribution is 6.01. The summed E-state index contributed by atoms with van der Waals surface area (Å²) in [6.45, 7) is 0.557. The van der Waals surface area contributed by atoms with Crippen molar-refractivity contribution in [1.29, 1.82) is 0 Å². The first-order valence-corrected chi connectivity index (χ1v) is 7.98. The van der Waals surface area contributed by atoms with Crippen LogP contribution in [0.4, 0.5) is 0 Å². The lowest BCUT2D eigenvalue weighted by Crippen LogP contribution is -2.15. The number of carbonyl (C=O) groups is 1. The van der Waals surface area contributed by atoms with Crippen molar-refractivity contribution in [3.8, 4) is 17.1 Å². The molecule has 2 aromatic heterocycles. The van der Waals surface area contributed by atoms with E-state index in [4.69, 9.17) is 5.73 Å². The molecule has 3 N–H and O–H groups in total. The molecule has 0 saturated carbocycles. The van der Waals surface area contributed by atoms with E-state index in [2.05, 4.69) is 15.0 Å². The first-order chi connectivity index (χ1) is 12.6. The summed E-state index contributed by atoms with van der Waals surface area (Å²) in [7, 11) is 0. The van der Waals surface area contributed by atoms with Gasteiger partial charge in [-0.15, -0.1) is 0 Å². The molecule has 0 spiro atoms. The van der Waals surface area contributed by atoms with Gasteiger partial charge in [-0.25, -0.2) is 15.0 Å². The number of imidazole rings is 1. The summed E-state index contributed by atoms with van der Waals surface area (Å²) in [6, 6.07) is 16.3. The molecule has 7 nitrogen and oxygen atoms in total. The van der Waals surface area contributed by atoms with Crippen LogP contribution >= 0.6 is 0 Å². The highest BCUT2D eigenvalue weighted by Gasteiger charge is 2.18. The number of hydrogen-bond acceptors (Lipinski definition) is 5. The van der Waals surface area contributed by atoms with Gasteiger partial charge in [-0.1, -0.05) is 30.3 Å². The number of hydrogen-bond donors (Lipinski definition) is 2. The summed E-state index contributed by atoms with van der Waals surface area (Å²) in [5.41, 5.74) is 8.22. The van der Waals surface area contributed by atoms with Gasteiger partial charge in [0, 0.05) is 5.56 Å². The van der Waals surface area contributed by atoms with Crippen molar-refractivity contribution in [2.45, 2.75) is 6.54 Å². The Balaban J connectivity index is 1.87. The van der Waals surface area contributed by atoms with Gasteiger partial charge in [-0.05, 0) is 29.8 Å². The van der Waals surface area contributed by atoms with Gasteiger partial charge in [0.15, 0.2) is 17.2 Å². The number of fused-ring (bicyclic) bond motifs is 1. The van der Waals surface area contributed by atoms with E-state index in [-0.39, 0.29) is 11.4 Å². The van der Waals surface area contributed by atoms with Gasteiger partial charge in [0.1, 0.15) is 11.3 Å². The number of carbonyl (C=O) groups excluding carboxylic acids is 1. The fourth-order valence-electron chi connectivity index (χ4n) is 2.75. The van der Waals surface area contributed by atoms with Crippen LogP contribution in [0.3, 0.4) is 0 Å². The molecule has 0 aliphatic heterocycles. The summed E-state index contributed by atoms with van der Waals surface area (Å²) >= 11 is 0. The molecular formula is C19H15N5O2. The van der Waals surface area contributed by atoms with Crippen molar-refractivity contribution in [3.05, 3.63) is 72.2 Å². The monoisotopic (exact) mass is 345 g/mol. The fourth-order valence-corrected chi connectivity index (χ4v) is 2.75. The van der Waals surface area contributed by atoms with Crippen molar-refractivity contribution in [2.75, 3.05) is 0 Å². The minimum absolute atomic E-state index is 0.0740. The smallest absolute Gasteiger partial charge is 0.269 e. The zero-order chi connectivity index (χ0) is 18.1. The molecule has 0 fully saturated rings. The Morgan fingerprint density at radius 3 is 2.46 bits per heavy atom. The maximum absolute atomic E-state index is 11.9. The minimum Gasteiger partial charge on any atom is -0.508 e. The SMILES string of the molecule is NC(=O)c1nc(-c2ccc(O)cc2)nc2c1ncn2Cc1ccccc1. The van der Waals surface area contributed by atoms with E-state index in [1.54, 1.807) is 18.5 Å². The molecule has 7 heteroatoms. The molecule has 0 aliphatic rings. The molecular weight excluding hydrogens is 330 g/mol. The molecule has 0 bridgehead atoms. The van der Waals surface area contributed by atoms with E-state index >= 15 is 0 Å². The number of primary amides is 1. The van der Waals surface area contributed by atoms with Gasteiger partial charge < -0.3 is 15.4 Å². The number of phenolic OH excluding ortho intramolecular Hbond substituents is 1. The number of benzene rings is 2. The van der Waals surface area contributed by atoms with Gasteiger partial charge in [-0.2, -0.15) is 0 Å². The summed E-state index contributed by atoms with van der Waals surface area (Å²) in [6.07, 6.45) is 1.62. The molecule has 4 aromatic rings. The Hall–Kier alpha value is -3.74. The zero-order valence-corrected chi connectivity index (χ0v) is 13.7. The largest absolute Gasteiger partial charge is 0.508 e. The van der Waals surface area contributed by atoms with E-state index in [1.165, 1.54) is 12.1 Å². The van der Waals surface area contributed by atoms with Crippen LogP contribution in [0.1, 0.15) is 16.1 Å². The molecule has 0 atom stereocenters. The maximum atomic E-state index is 11.9. The lowest BCUT2D eigenvalue weighted by molar-refractivity contribution is 0.0997. The Morgan fingerprint density at radius 2 is 1.77 bits per heavy atom. The van der Waals surface area contributed by atoms with E-state index in [9.17, 15) is 9.90 Å². The van der Waals surface area contributed by atoms with Crippen molar-refractivity contribution in [1.82, 2.24) is 19.5 Å². The van der Waals surface area contributed by atoms with Crippen molar-refractivity contribution < 1.29 is 9.90 Å². The maximum Gasteiger partial charge on any atom is 0.269 e. The summed E-state index contributed by atoms with van der Waals surface area (Å²) in [5, 5.41) is 9.46. The van der Waals surface area contributed by atoms with Crippen LogP contribution in [0.2, 0.25) is 0 Å². The number of aromatic nitrogens is 4. The lowest BCUT2D eigenvalue weighted by Gasteiger charge is -2.07. The second-order valence-corrected chi connectivity index (χ2v) is 5.84. The summed E-state index contributed by atoms with van der Waals surface area (Å²) in [4.78, 5) is 25.0. The molecule has 0 aliphatic carbocycles. The average Bonchev–Trinajstić information content (AvgIpc) is 3.05. The standard InChI is InChI=1S/C19H15N5O2/c20-17(26)15-16-19(23-18(22-15)13-6-8-14(25)9-7-13)24(11-21-16)10-12-4-2-1-3-5-12/h1-9,11,25H,10H2,(H2,20,26). The highest BCUT2D eigenvalue weighted by atomic mass is 16.3. The second-order valence-electron chi connectivity index (χ2n) is 5.84. The molecule has 128 valence electrons. The molecule has 26 heavy (non-hydrogen) atoms. The van der Waals surface area contributed by atoms with Gasteiger partial charge in [0.2, 0.25) is 0 Å². The Kier molecular flexibility index (Phi) is 3.81. The number of phenols is 1. The predicted octanol–water partition coefficient (Wildman–Crippen LogP) is 2.35. The minimum atomic E-state index is -0.664. The molecule has 0 unspecified atom stereocenters. The number of aromatic hydroxyl groups is 1. The first kappa shape index (κ1) is 15.8. The third-order valence-electron chi connectivity index (χ3n) is 4.02. The molecule has 0 saturated heterocycles. The van der Waals surface area contributed by atoms with Crippen molar-refractivity contribution in [3.63, 3.8) is 0 Å². The Labute approximate surface area is 148 Å². The summed E-state index contributed by atoms with van der Waals surface area (Å²) < 4.78 is 1.85. The number of rotatable bonds is 4. The third-order valence-corrected chi connectivity index (χ3v) is 4.02. The van der Waals surface area contributed by atoms with Gasteiger partial charge in [0.05, 0.1) is 12.9 Å². The van der Waals surface area contributed by atoms with Gasteiger partial charge in [-0.3, -0.25) is 4.79 Å². The Morgan fingerprint density at radius 1 is 1.04 bits per heavy atom. The third kappa shape index (κ3) is 2.86.